The third-order valence-corrected chi connectivity index (χ3v) is 8.17. The van der Waals surface area contributed by atoms with Gasteiger partial charge in [0.05, 0.1) is 34.9 Å². The van der Waals surface area contributed by atoms with Gasteiger partial charge in [-0.05, 0) is 42.6 Å². The Morgan fingerprint density at radius 1 is 1.24 bits per heavy atom. The molecule has 34 heavy (non-hydrogen) atoms. The summed E-state index contributed by atoms with van der Waals surface area (Å²) >= 11 is 0. The number of fused-ring (bicyclic) bond motifs is 3. The fourth-order valence-electron chi connectivity index (χ4n) is 6.94. The largest absolute Gasteiger partial charge is 0.493 e. The molecule has 2 aromatic carbocycles. The molecule has 2 bridgehead atoms. The second-order valence-electron chi connectivity index (χ2n) is 9.34. The fourth-order valence-corrected chi connectivity index (χ4v) is 6.94. The van der Waals surface area contributed by atoms with Crippen LogP contribution in [0, 0.1) is 0 Å². The topological polar surface area (TPSA) is 101 Å². The van der Waals surface area contributed by atoms with Gasteiger partial charge in [-0.1, -0.05) is 38.1 Å². The smallest absolute Gasteiger partial charge is 0.336 e. The quantitative estimate of drug-likeness (QED) is 0.538. The van der Waals surface area contributed by atoms with Gasteiger partial charge in [0, 0.05) is 23.4 Å². The van der Waals surface area contributed by atoms with Gasteiger partial charge in [0.1, 0.15) is 0 Å². The highest BCUT2D eigenvalue weighted by atomic mass is 16.5. The summed E-state index contributed by atoms with van der Waals surface area (Å²) < 4.78 is 12.2. The molecule has 7 nitrogen and oxygen atoms in total. The average molecular weight is 461 g/mol. The average Bonchev–Trinajstić information content (AvgIpc) is 3.18. The fraction of sp³-hybridized carbons (Fsp3) is 0.407. The standard InChI is InChI=1S/C25H22N2O5.C2H6/c1-31-16-7-6-12-10-17-25(30)11-14-18(23(28)29)13-4-2-3-5-15(13)27-20(14)22-24(25,8-9-26-17)19(12)21(16)32-22;1-2/h2-7,17,22,26,30H,8-11H2,1H3,(H,28,29);1-2H3/t17-,22?,24+,25?;/m1./s1. The Kier molecular flexibility index (Phi) is 4.51. The van der Waals surface area contributed by atoms with Crippen LogP contribution in [0.5, 0.6) is 11.5 Å². The van der Waals surface area contributed by atoms with Gasteiger partial charge in [0.2, 0.25) is 0 Å². The van der Waals surface area contributed by atoms with E-state index in [-0.39, 0.29) is 18.0 Å². The van der Waals surface area contributed by atoms with Crippen molar-refractivity contribution in [3.8, 4) is 11.5 Å². The number of aromatic carboxylic acids is 1. The molecule has 176 valence electrons. The molecule has 2 aliphatic carbocycles. The Bertz CT molecular complexity index is 1350. The van der Waals surface area contributed by atoms with Crippen LogP contribution in [0.2, 0.25) is 0 Å². The number of aromatic nitrogens is 1. The van der Waals surface area contributed by atoms with Gasteiger partial charge >= 0.3 is 5.97 Å². The van der Waals surface area contributed by atoms with Crippen LogP contribution >= 0.6 is 0 Å². The van der Waals surface area contributed by atoms with E-state index in [1.807, 2.05) is 38.1 Å². The zero-order valence-electron chi connectivity index (χ0n) is 19.5. The molecular weight excluding hydrogens is 432 g/mol. The summed E-state index contributed by atoms with van der Waals surface area (Å²) in [6.45, 7) is 4.75. The first-order valence-corrected chi connectivity index (χ1v) is 12.0. The highest BCUT2D eigenvalue weighted by Crippen LogP contribution is 2.67. The number of pyridine rings is 1. The van der Waals surface area contributed by atoms with Crippen LogP contribution in [-0.4, -0.2) is 46.5 Å². The lowest BCUT2D eigenvalue weighted by molar-refractivity contribution is -0.134. The number of carboxylic acid groups (broad SMARTS) is 1. The molecule has 3 heterocycles. The van der Waals surface area contributed by atoms with Crippen molar-refractivity contribution in [3.05, 3.63) is 64.3 Å². The lowest BCUT2D eigenvalue weighted by atomic mass is 9.49. The molecule has 7 heteroatoms. The molecule has 2 aliphatic heterocycles. The Morgan fingerprint density at radius 2 is 2.03 bits per heavy atom. The summed E-state index contributed by atoms with van der Waals surface area (Å²) in [5, 5.41) is 26.7. The van der Waals surface area contributed by atoms with Crippen LogP contribution < -0.4 is 14.8 Å². The molecule has 1 spiro atoms. The number of benzene rings is 2. The molecule has 1 aromatic heterocycles. The number of aliphatic hydroxyl groups is 1. The van der Waals surface area contributed by atoms with E-state index in [9.17, 15) is 15.0 Å². The lowest BCUT2D eigenvalue weighted by Crippen LogP contribution is -2.74. The highest BCUT2D eigenvalue weighted by molar-refractivity contribution is 6.04. The number of rotatable bonds is 2. The molecule has 1 fully saturated rings. The molecule has 0 radical (unpaired) electrons. The van der Waals surface area contributed by atoms with Crippen molar-refractivity contribution in [1.29, 1.82) is 0 Å². The molecule has 1 saturated heterocycles. The molecule has 7 rings (SSSR count). The van der Waals surface area contributed by atoms with Crippen molar-refractivity contribution in [1.82, 2.24) is 10.3 Å². The van der Waals surface area contributed by atoms with E-state index < -0.39 is 23.1 Å². The van der Waals surface area contributed by atoms with E-state index in [0.717, 1.165) is 17.7 Å². The van der Waals surface area contributed by atoms with Crippen LogP contribution in [0.25, 0.3) is 10.9 Å². The second kappa shape index (κ2) is 7.17. The van der Waals surface area contributed by atoms with Gasteiger partial charge in [-0.2, -0.15) is 0 Å². The molecule has 0 amide bonds. The number of piperidine rings is 1. The number of ether oxygens (including phenoxy) is 2. The minimum Gasteiger partial charge on any atom is -0.493 e. The third kappa shape index (κ3) is 2.34. The summed E-state index contributed by atoms with van der Waals surface area (Å²) in [5.41, 5.74) is 2.30. The first kappa shape index (κ1) is 21.4. The Morgan fingerprint density at radius 3 is 2.79 bits per heavy atom. The van der Waals surface area contributed by atoms with E-state index in [1.54, 1.807) is 13.2 Å². The number of nitrogens with one attached hydrogen (secondary N) is 1. The van der Waals surface area contributed by atoms with Crippen molar-refractivity contribution in [2.75, 3.05) is 13.7 Å². The van der Waals surface area contributed by atoms with Crippen LogP contribution in [0.3, 0.4) is 0 Å². The van der Waals surface area contributed by atoms with E-state index in [2.05, 4.69) is 11.4 Å². The van der Waals surface area contributed by atoms with E-state index in [1.165, 1.54) is 0 Å². The van der Waals surface area contributed by atoms with E-state index in [4.69, 9.17) is 14.5 Å². The van der Waals surface area contributed by atoms with E-state index >= 15 is 0 Å². The highest BCUT2D eigenvalue weighted by Gasteiger charge is 2.71. The number of hydrogen-bond acceptors (Lipinski definition) is 6. The molecule has 2 unspecified atom stereocenters. The summed E-state index contributed by atoms with van der Waals surface area (Å²) in [6, 6.07) is 11.1. The maximum Gasteiger partial charge on any atom is 0.336 e. The first-order chi connectivity index (χ1) is 16.5. The molecule has 0 saturated carbocycles. The SMILES string of the molecule is CC.COc1ccc2c3c1OC1c4nc5ccccc5c(C(=O)O)c4CC4(O)[C@@H](C2)NCC[C@]314. The van der Waals surface area contributed by atoms with Crippen molar-refractivity contribution >= 4 is 16.9 Å². The maximum atomic E-state index is 12.5. The van der Waals surface area contributed by atoms with Crippen molar-refractivity contribution in [2.45, 2.75) is 56.3 Å². The number of para-hydroxylation sites is 1. The molecule has 4 atom stereocenters. The normalized spacial score (nSPS) is 29.3. The third-order valence-electron chi connectivity index (χ3n) is 8.17. The minimum atomic E-state index is -1.19. The Labute approximate surface area is 197 Å². The summed E-state index contributed by atoms with van der Waals surface area (Å²) in [5.74, 6) is 0.281. The molecule has 3 aromatic rings. The molecule has 4 aliphatic rings. The van der Waals surface area contributed by atoms with Gasteiger partial charge < -0.3 is 25.0 Å². The number of nitrogens with zero attached hydrogens (tertiary/aromatic N) is 1. The summed E-state index contributed by atoms with van der Waals surface area (Å²) in [6.07, 6.45) is 0.970. The maximum absolute atomic E-state index is 12.5. The summed E-state index contributed by atoms with van der Waals surface area (Å²) in [4.78, 5) is 17.4. The van der Waals surface area contributed by atoms with Gasteiger partial charge in [-0.3, -0.25) is 0 Å². The predicted molar refractivity (Wildman–Crippen MR) is 127 cm³/mol. The second-order valence-corrected chi connectivity index (χ2v) is 9.34. The van der Waals surface area contributed by atoms with Crippen molar-refractivity contribution in [2.24, 2.45) is 0 Å². The van der Waals surface area contributed by atoms with Crippen LogP contribution in [0.4, 0.5) is 0 Å². The Balaban J connectivity index is 0.00000106. The minimum absolute atomic E-state index is 0.199. The van der Waals surface area contributed by atoms with Gasteiger partial charge in [0.15, 0.2) is 17.6 Å². The Hall–Kier alpha value is -3.16. The van der Waals surface area contributed by atoms with Gasteiger partial charge in [-0.25, -0.2) is 9.78 Å². The molecule has 3 N–H and O–H groups in total. The lowest BCUT2D eigenvalue weighted by Gasteiger charge is -2.60. The zero-order chi connectivity index (χ0) is 23.8. The predicted octanol–water partition coefficient (Wildman–Crippen LogP) is 3.54. The van der Waals surface area contributed by atoms with Crippen molar-refractivity contribution < 1.29 is 24.5 Å². The van der Waals surface area contributed by atoms with Crippen LogP contribution in [-0.2, 0) is 18.3 Å². The van der Waals surface area contributed by atoms with E-state index in [0.29, 0.717) is 46.5 Å². The van der Waals surface area contributed by atoms with Gasteiger partial charge in [0.25, 0.3) is 0 Å². The van der Waals surface area contributed by atoms with Crippen LogP contribution in [0.1, 0.15) is 59.1 Å². The number of carbonyl (C=O) groups is 1. The summed E-state index contributed by atoms with van der Waals surface area (Å²) in [7, 11) is 1.61. The first-order valence-electron chi connectivity index (χ1n) is 12.0. The van der Waals surface area contributed by atoms with Crippen LogP contribution in [0.15, 0.2) is 36.4 Å². The monoisotopic (exact) mass is 460 g/mol. The molecular formula is C27H28N2O5. The number of carboxylic acids is 1. The van der Waals surface area contributed by atoms with Gasteiger partial charge in [-0.15, -0.1) is 0 Å². The number of methoxy groups -OCH3 is 1. The van der Waals surface area contributed by atoms with Crippen molar-refractivity contribution in [3.63, 3.8) is 0 Å². The zero-order valence-corrected chi connectivity index (χ0v) is 19.5. The number of hydrogen-bond donors (Lipinski definition) is 3.